The van der Waals surface area contributed by atoms with Gasteiger partial charge in [0.15, 0.2) is 0 Å². The Labute approximate surface area is 152 Å². The van der Waals surface area contributed by atoms with E-state index in [0.717, 1.165) is 9.79 Å². The van der Waals surface area contributed by atoms with E-state index in [1.54, 1.807) is 11.8 Å². The van der Waals surface area contributed by atoms with Crippen LogP contribution in [0.5, 0.6) is 0 Å². The van der Waals surface area contributed by atoms with Crippen molar-refractivity contribution in [1.82, 2.24) is 0 Å². The van der Waals surface area contributed by atoms with Crippen LogP contribution < -0.4 is 0 Å². The molecule has 1 heterocycles. The Kier molecular flexibility index (Phi) is 3.75. The van der Waals surface area contributed by atoms with E-state index < -0.39 is 0 Å². The van der Waals surface area contributed by atoms with Crippen LogP contribution in [0.25, 0.3) is 0 Å². The predicted molar refractivity (Wildman–Crippen MR) is 104 cm³/mol. The summed E-state index contributed by atoms with van der Waals surface area (Å²) in [6, 6.07) is 23.5. The van der Waals surface area contributed by atoms with E-state index in [0.29, 0.717) is 0 Å². The second-order valence-electron chi connectivity index (χ2n) is 5.90. The molecule has 0 saturated heterocycles. The van der Waals surface area contributed by atoms with Gasteiger partial charge in [0.1, 0.15) is 0 Å². The van der Waals surface area contributed by atoms with Crippen LogP contribution in [0, 0.1) is 0 Å². The lowest BCUT2D eigenvalue weighted by atomic mass is 9.71. The molecule has 0 fully saturated rings. The number of thiol groups is 2. The molecule has 0 saturated carbocycles. The first kappa shape index (κ1) is 15.3. The summed E-state index contributed by atoms with van der Waals surface area (Å²) in [5.74, 6) is 0. The summed E-state index contributed by atoms with van der Waals surface area (Å²) in [4.78, 5) is 4.51. The van der Waals surface area contributed by atoms with Gasteiger partial charge in [0, 0.05) is 25.0 Å². The third-order valence-electron chi connectivity index (χ3n) is 4.62. The largest absolute Gasteiger partial charge is 0.142 e. The van der Waals surface area contributed by atoms with Gasteiger partial charge < -0.3 is 0 Å². The van der Waals surface area contributed by atoms with Gasteiger partial charge in [0.25, 0.3) is 0 Å². The molecule has 3 aromatic carbocycles. The van der Waals surface area contributed by atoms with Crippen molar-refractivity contribution in [2.24, 2.45) is 0 Å². The maximum atomic E-state index is 4.71. The molecular weight excluding hydrogens is 336 g/mol. The van der Waals surface area contributed by atoms with Crippen LogP contribution in [0.15, 0.2) is 86.3 Å². The lowest BCUT2D eigenvalue weighted by Gasteiger charge is -2.39. The van der Waals surface area contributed by atoms with E-state index >= 15 is 0 Å². The zero-order valence-electron chi connectivity index (χ0n) is 12.7. The quantitative estimate of drug-likeness (QED) is 0.500. The summed E-state index contributed by atoms with van der Waals surface area (Å²) in [5, 5.41) is 0. The van der Waals surface area contributed by atoms with Gasteiger partial charge in [-0.05, 0) is 35.7 Å². The molecule has 0 bridgehead atoms. The van der Waals surface area contributed by atoms with Crippen LogP contribution in [0.1, 0.15) is 23.6 Å². The monoisotopic (exact) mass is 352 g/mol. The molecule has 1 aliphatic rings. The van der Waals surface area contributed by atoms with Gasteiger partial charge in [-0.1, -0.05) is 66.4 Å². The van der Waals surface area contributed by atoms with E-state index in [4.69, 9.17) is 25.3 Å². The van der Waals surface area contributed by atoms with Gasteiger partial charge in [-0.15, -0.1) is 25.3 Å². The third-order valence-corrected chi connectivity index (χ3v) is 6.96. The number of rotatable bonds is 1. The smallest absolute Gasteiger partial charge is 0.0446 e. The van der Waals surface area contributed by atoms with Crippen molar-refractivity contribution < 1.29 is 0 Å². The van der Waals surface area contributed by atoms with E-state index in [9.17, 15) is 0 Å². The van der Waals surface area contributed by atoms with Gasteiger partial charge in [0.05, 0.1) is 0 Å². The fourth-order valence-electron chi connectivity index (χ4n) is 3.38. The molecule has 3 aromatic rings. The van der Waals surface area contributed by atoms with Gasteiger partial charge in [-0.25, -0.2) is 0 Å². The average Bonchev–Trinajstić information content (AvgIpc) is 2.58. The summed E-state index contributed by atoms with van der Waals surface area (Å²) in [6.07, 6.45) is 0. The average molecular weight is 353 g/mol. The van der Waals surface area contributed by atoms with Crippen molar-refractivity contribution >= 4 is 37.0 Å². The van der Waals surface area contributed by atoms with Crippen molar-refractivity contribution in [3.63, 3.8) is 0 Å². The Morgan fingerprint density at radius 1 is 0.696 bits per heavy atom. The molecule has 0 aromatic heterocycles. The summed E-state index contributed by atoms with van der Waals surface area (Å²) in [6.45, 7) is 2.31. The van der Waals surface area contributed by atoms with Crippen molar-refractivity contribution in [3.05, 3.63) is 83.4 Å². The van der Waals surface area contributed by atoms with E-state index in [2.05, 4.69) is 73.7 Å². The minimum absolute atomic E-state index is 0.200. The molecule has 0 radical (unpaired) electrons. The Hall–Kier alpha value is -1.29. The second-order valence-corrected chi connectivity index (χ2v) is 7.88. The lowest BCUT2D eigenvalue weighted by Crippen LogP contribution is -2.29. The molecule has 0 atom stereocenters. The molecule has 0 N–H and O–H groups in total. The molecular formula is C20H16S3. The molecule has 1 aliphatic heterocycles. The van der Waals surface area contributed by atoms with Crippen LogP contribution in [0.4, 0.5) is 0 Å². The summed E-state index contributed by atoms with van der Waals surface area (Å²) < 4.78 is 0. The molecule has 0 amide bonds. The SMILES string of the molecule is CC1(c2ccccc2)c2cccc(S)c2Sc2c(S)cccc21. The van der Waals surface area contributed by atoms with Crippen molar-refractivity contribution in [1.29, 1.82) is 0 Å². The topological polar surface area (TPSA) is 0 Å². The van der Waals surface area contributed by atoms with Gasteiger partial charge in [-0.2, -0.15) is 0 Å². The Morgan fingerprint density at radius 3 is 1.74 bits per heavy atom. The van der Waals surface area contributed by atoms with Crippen LogP contribution in [-0.2, 0) is 5.41 Å². The number of hydrogen-bond donors (Lipinski definition) is 2. The van der Waals surface area contributed by atoms with Gasteiger partial charge in [0.2, 0.25) is 0 Å². The Bertz CT molecular complexity index is 833. The molecule has 4 rings (SSSR count). The summed E-state index contributed by atoms with van der Waals surface area (Å²) >= 11 is 11.2. The molecule has 0 spiro atoms. The minimum atomic E-state index is -0.200. The number of hydrogen-bond acceptors (Lipinski definition) is 3. The maximum Gasteiger partial charge on any atom is 0.0446 e. The Morgan fingerprint density at radius 2 is 1.22 bits per heavy atom. The standard InChI is InChI=1S/C20H16S3/c1-20(13-7-3-2-4-8-13)14-9-5-11-16(21)18(14)23-19-15(20)10-6-12-17(19)22/h2-12,21-22H,1H3. The molecule has 23 heavy (non-hydrogen) atoms. The number of benzene rings is 3. The molecule has 3 heteroatoms. The van der Waals surface area contributed by atoms with Gasteiger partial charge >= 0.3 is 0 Å². The number of fused-ring (bicyclic) bond motifs is 2. The van der Waals surface area contributed by atoms with Crippen molar-refractivity contribution in [2.45, 2.75) is 31.9 Å². The van der Waals surface area contributed by atoms with Crippen molar-refractivity contribution in [3.8, 4) is 0 Å². The summed E-state index contributed by atoms with van der Waals surface area (Å²) in [7, 11) is 0. The first-order valence-corrected chi connectivity index (χ1v) is 9.22. The normalized spacial score (nSPS) is 14.9. The first-order valence-electron chi connectivity index (χ1n) is 7.50. The van der Waals surface area contributed by atoms with Crippen LogP contribution in [-0.4, -0.2) is 0 Å². The molecule has 114 valence electrons. The van der Waals surface area contributed by atoms with Crippen LogP contribution in [0.2, 0.25) is 0 Å². The second kappa shape index (κ2) is 5.66. The first-order chi connectivity index (χ1) is 11.1. The van der Waals surface area contributed by atoms with Crippen molar-refractivity contribution in [2.75, 3.05) is 0 Å². The maximum absolute atomic E-state index is 4.71. The van der Waals surface area contributed by atoms with Crippen LogP contribution >= 0.6 is 37.0 Å². The molecule has 0 unspecified atom stereocenters. The predicted octanol–water partition coefficient (Wildman–Crippen LogP) is 6.08. The van der Waals surface area contributed by atoms with E-state index in [1.807, 2.05) is 0 Å². The summed E-state index contributed by atoms with van der Waals surface area (Å²) in [5.41, 5.74) is 3.72. The minimum Gasteiger partial charge on any atom is -0.142 e. The zero-order valence-corrected chi connectivity index (χ0v) is 15.3. The van der Waals surface area contributed by atoms with E-state index in [1.165, 1.54) is 26.5 Å². The highest BCUT2D eigenvalue weighted by Gasteiger charge is 2.39. The lowest BCUT2D eigenvalue weighted by molar-refractivity contribution is 0.644. The highest BCUT2D eigenvalue weighted by molar-refractivity contribution is 8.00. The van der Waals surface area contributed by atoms with E-state index in [-0.39, 0.29) is 5.41 Å². The zero-order chi connectivity index (χ0) is 16.0. The fraction of sp³-hybridized carbons (Fsp3) is 0.100. The highest BCUT2D eigenvalue weighted by atomic mass is 32.2. The third kappa shape index (κ3) is 2.25. The molecule has 0 aliphatic carbocycles. The highest BCUT2D eigenvalue weighted by Crippen LogP contribution is 2.55. The molecule has 0 nitrogen and oxygen atoms in total. The van der Waals surface area contributed by atoms with Gasteiger partial charge in [-0.3, -0.25) is 0 Å². The Balaban J connectivity index is 2.11. The van der Waals surface area contributed by atoms with Crippen LogP contribution in [0.3, 0.4) is 0 Å². The fourth-order valence-corrected chi connectivity index (χ4v) is 5.38.